The standard InChI is InChI=1S/C4H8INO2/c1-3(7)8-4(2,5)6/h6H2,1-2H3. The Balaban J connectivity index is 3.55. The molecule has 0 aliphatic carbocycles. The number of nitrogens with two attached hydrogens (primary N) is 1. The molecule has 0 bridgehead atoms. The van der Waals surface area contributed by atoms with E-state index in [1.165, 1.54) is 6.92 Å². The molecule has 0 spiro atoms. The van der Waals surface area contributed by atoms with E-state index in [9.17, 15) is 4.79 Å². The molecule has 0 saturated carbocycles. The number of carbonyl (C=O) groups excluding carboxylic acids is 1. The maximum Gasteiger partial charge on any atom is 0.304 e. The van der Waals surface area contributed by atoms with E-state index < -0.39 is 3.73 Å². The van der Waals surface area contributed by atoms with Crippen LogP contribution in [-0.4, -0.2) is 9.70 Å². The first-order valence-corrected chi connectivity index (χ1v) is 3.17. The number of alkyl halides is 1. The molecule has 3 nitrogen and oxygen atoms in total. The lowest BCUT2D eigenvalue weighted by Crippen LogP contribution is -2.33. The highest BCUT2D eigenvalue weighted by atomic mass is 127. The molecule has 0 aromatic heterocycles. The van der Waals surface area contributed by atoms with Gasteiger partial charge in [0.15, 0.2) is 0 Å². The lowest BCUT2D eigenvalue weighted by molar-refractivity contribution is -0.146. The van der Waals surface area contributed by atoms with Gasteiger partial charge >= 0.3 is 5.97 Å². The van der Waals surface area contributed by atoms with Gasteiger partial charge in [0.05, 0.1) is 0 Å². The first-order valence-electron chi connectivity index (χ1n) is 2.09. The molecule has 1 atom stereocenters. The van der Waals surface area contributed by atoms with E-state index >= 15 is 0 Å². The van der Waals surface area contributed by atoms with Gasteiger partial charge in [-0.05, 0) is 29.5 Å². The van der Waals surface area contributed by atoms with E-state index in [4.69, 9.17) is 5.73 Å². The molecule has 0 aliphatic rings. The van der Waals surface area contributed by atoms with Crippen LogP contribution in [0, 0.1) is 0 Å². The van der Waals surface area contributed by atoms with Crippen LogP contribution >= 0.6 is 22.6 Å². The monoisotopic (exact) mass is 229 g/mol. The van der Waals surface area contributed by atoms with E-state index in [0.717, 1.165) is 0 Å². The number of ether oxygens (including phenoxy) is 1. The summed E-state index contributed by atoms with van der Waals surface area (Å²) in [6, 6.07) is 0. The number of hydrogen-bond donors (Lipinski definition) is 1. The summed E-state index contributed by atoms with van der Waals surface area (Å²) in [6.45, 7) is 2.93. The smallest absolute Gasteiger partial charge is 0.304 e. The van der Waals surface area contributed by atoms with Crippen molar-refractivity contribution in [3.05, 3.63) is 0 Å². The highest BCUT2D eigenvalue weighted by molar-refractivity contribution is 14.1. The average molecular weight is 229 g/mol. The molecule has 8 heavy (non-hydrogen) atoms. The Hall–Kier alpha value is 0.160. The zero-order chi connectivity index (χ0) is 6.78. The molecule has 2 N–H and O–H groups in total. The molecular formula is C4H8INO2. The molecule has 0 aromatic rings. The van der Waals surface area contributed by atoms with Crippen molar-refractivity contribution < 1.29 is 9.53 Å². The maximum absolute atomic E-state index is 10.2. The van der Waals surface area contributed by atoms with Gasteiger partial charge in [0, 0.05) is 6.92 Å². The Morgan fingerprint density at radius 1 is 1.88 bits per heavy atom. The van der Waals surface area contributed by atoms with Crippen LogP contribution in [0.15, 0.2) is 0 Å². The van der Waals surface area contributed by atoms with Crippen LogP contribution in [0.1, 0.15) is 13.8 Å². The second kappa shape index (κ2) is 2.63. The summed E-state index contributed by atoms with van der Waals surface area (Å²) in [4.78, 5) is 10.2. The van der Waals surface area contributed by atoms with E-state index in [2.05, 4.69) is 4.74 Å². The number of esters is 1. The molecule has 0 amide bonds. The fraction of sp³-hybridized carbons (Fsp3) is 0.750. The SMILES string of the molecule is CC(=O)OC(C)(N)I. The zero-order valence-corrected chi connectivity index (χ0v) is 6.93. The normalized spacial score (nSPS) is 17.0. The maximum atomic E-state index is 10.2. The van der Waals surface area contributed by atoms with Crippen LogP contribution in [0.4, 0.5) is 0 Å². The third-order valence-electron chi connectivity index (χ3n) is 0.343. The minimum absolute atomic E-state index is 0.357. The summed E-state index contributed by atoms with van der Waals surface area (Å²) in [6.07, 6.45) is 0. The molecule has 48 valence electrons. The number of halogens is 1. The van der Waals surface area contributed by atoms with Crippen LogP contribution in [0.2, 0.25) is 0 Å². The molecule has 4 heteroatoms. The summed E-state index contributed by atoms with van der Waals surface area (Å²) < 4.78 is 3.71. The fourth-order valence-electron chi connectivity index (χ4n) is 0.281. The van der Waals surface area contributed by atoms with Gasteiger partial charge in [-0.3, -0.25) is 10.5 Å². The molecule has 0 heterocycles. The van der Waals surface area contributed by atoms with Gasteiger partial charge in [-0.25, -0.2) is 0 Å². The first kappa shape index (κ1) is 8.16. The van der Waals surface area contributed by atoms with Crippen molar-refractivity contribution in [1.82, 2.24) is 0 Å². The topological polar surface area (TPSA) is 52.3 Å². The molecule has 0 aromatic carbocycles. The first-order chi connectivity index (χ1) is 3.42. The highest BCUT2D eigenvalue weighted by Crippen LogP contribution is 2.10. The Labute approximate surface area is 61.7 Å². The van der Waals surface area contributed by atoms with Crippen molar-refractivity contribution in [2.24, 2.45) is 5.73 Å². The second-order valence-electron chi connectivity index (χ2n) is 1.58. The predicted octanol–water partition coefficient (Wildman–Crippen LogP) is 0.617. The van der Waals surface area contributed by atoms with Gasteiger partial charge in [0.1, 0.15) is 0 Å². The van der Waals surface area contributed by atoms with E-state index in [0.29, 0.717) is 0 Å². The Morgan fingerprint density at radius 3 is 2.25 bits per heavy atom. The lowest BCUT2D eigenvalue weighted by atomic mass is 10.7. The van der Waals surface area contributed by atoms with E-state index in [1.54, 1.807) is 6.92 Å². The number of hydrogen-bond acceptors (Lipinski definition) is 3. The van der Waals surface area contributed by atoms with Crippen LogP contribution in [0.5, 0.6) is 0 Å². The minimum atomic E-state index is -0.858. The van der Waals surface area contributed by atoms with Crippen molar-refractivity contribution in [1.29, 1.82) is 0 Å². The van der Waals surface area contributed by atoms with Crippen LogP contribution in [0.25, 0.3) is 0 Å². The predicted molar refractivity (Wildman–Crippen MR) is 38.4 cm³/mol. The quantitative estimate of drug-likeness (QED) is 0.236. The van der Waals surface area contributed by atoms with Crippen molar-refractivity contribution in [2.45, 2.75) is 17.6 Å². The van der Waals surface area contributed by atoms with E-state index in [-0.39, 0.29) is 5.97 Å². The van der Waals surface area contributed by atoms with E-state index in [1.807, 2.05) is 22.6 Å². The number of rotatable bonds is 1. The lowest BCUT2D eigenvalue weighted by Gasteiger charge is -2.14. The van der Waals surface area contributed by atoms with Gasteiger partial charge in [-0.15, -0.1) is 0 Å². The van der Waals surface area contributed by atoms with Crippen molar-refractivity contribution >= 4 is 28.6 Å². The Morgan fingerprint density at radius 2 is 2.25 bits per heavy atom. The number of carbonyl (C=O) groups is 1. The van der Waals surface area contributed by atoms with Crippen LogP contribution in [0.3, 0.4) is 0 Å². The molecular weight excluding hydrogens is 221 g/mol. The average Bonchev–Trinajstić information content (AvgIpc) is 1.21. The van der Waals surface area contributed by atoms with Crippen molar-refractivity contribution in [3.8, 4) is 0 Å². The van der Waals surface area contributed by atoms with Gasteiger partial charge in [-0.1, -0.05) is 0 Å². The molecule has 1 unspecified atom stereocenters. The molecule has 0 fully saturated rings. The summed E-state index contributed by atoms with van der Waals surface area (Å²) in [5, 5.41) is 0. The van der Waals surface area contributed by atoms with Gasteiger partial charge in [0.2, 0.25) is 3.73 Å². The highest BCUT2D eigenvalue weighted by Gasteiger charge is 2.14. The van der Waals surface area contributed by atoms with Crippen LogP contribution < -0.4 is 5.73 Å². The zero-order valence-electron chi connectivity index (χ0n) is 4.77. The van der Waals surface area contributed by atoms with Gasteiger partial charge in [-0.2, -0.15) is 0 Å². The summed E-state index contributed by atoms with van der Waals surface area (Å²) in [5.74, 6) is -0.357. The summed E-state index contributed by atoms with van der Waals surface area (Å²) >= 11 is 1.83. The minimum Gasteiger partial charge on any atom is -0.435 e. The fourth-order valence-corrected chi connectivity index (χ4v) is 0.591. The van der Waals surface area contributed by atoms with Gasteiger partial charge < -0.3 is 4.74 Å². The largest absolute Gasteiger partial charge is 0.435 e. The Kier molecular flexibility index (Phi) is 2.68. The Bertz CT molecular complexity index is 96.7. The second-order valence-corrected chi connectivity index (χ2v) is 3.72. The van der Waals surface area contributed by atoms with Crippen molar-refractivity contribution in [2.75, 3.05) is 0 Å². The summed E-state index contributed by atoms with van der Waals surface area (Å²) in [5.41, 5.74) is 5.28. The van der Waals surface area contributed by atoms with Crippen molar-refractivity contribution in [3.63, 3.8) is 0 Å². The third kappa shape index (κ3) is 6.16. The molecule has 0 aliphatic heterocycles. The molecule has 0 radical (unpaired) electrons. The third-order valence-corrected chi connectivity index (χ3v) is 0.563. The molecule has 0 saturated heterocycles. The molecule has 0 rings (SSSR count). The summed E-state index contributed by atoms with van der Waals surface area (Å²) in [7, 11) is 0. The van der Waals surface area contributed by atoms with Gasteiger partial charge in [0.25, 0.3) is 0 Å². The van der Waals surface area contributed by atoms with Crippen LogP contribution in [-0.2, 0) is 9.53 Å².